The van der Waals surface area contributed by atoms with Gasteiger partial charge in [0.15, 0.2) is 0 Å². The highest BCUT2D eigenvalue weighted by Gasteiger charge is 2.36. The molecule has 0 atom stereocenters. The Morgan fingerprint density at radius 1 is 0.964 bits per heavy atom. The van der Waals surface area contributed by atoms with Crippen LogP contribution < -0.4 is 4.74 Å². The van der Waals surface area contributed by atoms with E-state index in [1.807, 2.05) is 6.07 Å². The van der Waals surface area contributed by atoms with Crippen LogP contribution in [0.4, 0.5) is 0 Å². The van der Waals surface area contributed by atoms with Gasteiger partial charge >= 0.3 is 11.9 Å². The summed E-state index contributed by atoms with van der Waals surface area (Å²) in [5, 5.41) is 9.18. The molecule has 3 rings (SSSR count). The number of hydrogen-bond acceptors (Lipinski definition) is 3. The lowest BCUT2D eigenvalue weighted by Gasteiger charge is -2.42. The predicted molar refractivity (Wildman–Crippen MR) is 110 cm³/mol. The van der Waals surface area contributed by atoms with Crippen LogP contribution in [0.1, 0.15) is 67.6 Å². The molecule has 1 aliphatic carbocycles. The van der Waals surface area contributed by atoms with Crippen LogP contribution in [-0.4, -0.2) is 17.0 Å². The van der Waals surface area contributed by atoms with Crippen molar-refractivity contribution in [2.75, 3.05) is 0 Å². The zero-order chi connectivity index (χ0) is 20.5. The Bertz CT molecular complexity index is 951. The van der Waals surface area contributed by atoms with Crippen molar-refractivity contribution in [2.45, 2.75) is 51.4 Å². The minimum Gasteiger partial charge on any atom is -0.478 e. The van der Waals surface area contributed by atoms with Gasteiger partial charge in [-0.05, 0) is 58.6 Å². The predicted octanol–water partition coefficient (Wildman–Crippen LogP) is 5.35. The van der Waals surface area contributed by atoms with Gasteiger partial charge in [-0.2, -0.15) is 0 Å². The second-order valence-corrected chi connectivity index (χ2v) is 8.63. The van der Waals surface area contributed by atoms with Crippen LogP contribution in [0.3, 0.4) is 0 Å². The maximum Gasteiger partial charge on any atom is 0.339 e. The van der Waals surface area contributed by atoms with Crippen molar-refractivity contribution in [3.8, 4) is 5.75 Å². The van der Waals surface area contributed by atoms with Gasteiger partial charge in [0.25, 0.3) is 0 Å². The largest absolute Gasteiger partial charge is 0.478 e. The molecule has 0 aromatic heterocycles. The van der Waals surface area contributed by atoms with Gasteiger partial charge in [-0.3, -0.25) is 0 Å². The van der Waals surface area contributed by atoms with E-state index >= 15 is 0 Å². The molecule has 0 aliphatic heterocycles. The highest BCUT2D eigenvalue weighted by atomic mass is 16.5. The van der Waals surface area contributed by atoms with Gasteiger partial charge in [0.1, 0.15) is 11.3 Å². The van der Waals surface area contributed by atoms with Gasteiger partial charge in [0, 0.05) is 6.08 Å². The van der Waals surface area contributed by atoms with E-state index in [-0.39, 0.29) is 22.1 Å². The van der Waals surface area contributed by atoms with Crippen molar-refractivity contribution in [3.63, 3.8) is 0 Å². The fourth-order valence-electron chi connectivity index (χ4n) is 3.75. The normalized spacial score (nSPS) is 17.1. The van der Waals surface area contributed by atoms with Gasteiger partial charge in [-0.25, -0.2) is 9.59 Å². The van der Waals surface area contributed by atoms with E-state index in [2.05, 4.69) is 39.8 Å². The van der Waals surface area contributed by atoms with Crippen molar-refractivity contribution in [3.05, 3.63) is 70.8 Å². The average molecular weight is 378 g/mol. The van der Waals surface area contributed by atoms with E-state index in [0.29, 0.717) is 0 Å². The van der Waals surface area contributed by atoms with Gasteiger partial charge < -0.3 is 9.84 Å². The number of carboxylic acid groups (broad SMARTS) is 1. The molecule has 0 saturated carbocycles. The Balaban J connectivity index is 1.82. The molecule has 2 aromatic rings. The zero-order valence-corrected chi connectivity index (χ0v) is 16.8. The summed E-state index contributed by atoms with van der Waals surface area (Å²) < 4.78 is 5.21. The number of carbonyl (C=O) groups excluding carboxylic acids is 1. The Labute approximate surface area is 165 Å². The van der Waals surface area contributed by atoms with Crippen molar-refractivity contribution in [1.82, 2.24) is 0 Å². The van der Waals surface area contributed by atoms with E-state index in [4.69, 9.17) is 4.74 Å². The maximum atomic E-state index is 12.2. The van der Waals surface area contributed by atoms with Crippen LogP contribution in [-0.2, 0) is 15.6 Å². The van der Waals surface area contributed by atoms with E-state index in [0.717, 1.165) is 18.4 Å². The third-order valence-electron chi connectivity index (χ3n) is 5.62. The number of fused-ring (bicyclic) bond motifs is 1. The first-order chi connectivity index (χ1) is 13.1. The van der Waals surface area contributed by atoms with Gasteiger partial charge in [0.05, 0.1) is 0 Å². The first-order valence-corrected chi connectivity index (χ1v) is 9.47. The molecule has 0 radical (unpaired) electrons. The lowest BCUT2D eigenvalue weighted by atomic mass is 9.63. The summed E-state index contributed by atoms with van der Waals surface area (Å²) in [6.07, 6.45) is 5.32. The van der Waals surface area contributed by atoms with Gasteiger partial charge in [0.2, 0.25) is 0 Å². The standard InChI is InChI=1S/C24H26O4/c1-23(2)13-14-24(3,4)19-15-16(9-11-18(19)23)10-12-21(25)28-20-8-6-5-7-17(20)22(26)27/h5-12,15H,13-14H2,1-4H3,(H,26,27). The monoisotopic (exact) mass is 378 g/mol. The number of ether oxygens (including phenoxy) is 1. The smallest absolute Gasteiger partial charge is 0.339 e. The van der Waals surface area contributed by atoms with Crippen LogP contribution in [0, 0.1) is 0 Å². The summed E-state index contributed by atoms with van der Waals surface area (Å²) in [5.41, 5.74) is 3.80. The molecule has 1 N–H and O–H groups in total. The Hall–Kier alpha value is -2.88. The molecule has 1 aliphatic rings. The minimum absolute atomic E-state index is 0.0398. The van der Waals surface area contributed by atoms with E-state index in [1.54, 1.807) is 18.2 Å². The van der Waals surface area contributed by atoms with Crippen LogP contribution in [0.5, 0.6) is 5.75 Å². The van der Waals surface area contributed by atoms with Crippen LogP contribution in [0.2, 0.25) is 0 Å². The number of esters is 1. The molecule has 146 valence electrons. The third-order valence-corrected chi connectivity index (χ3v) is 5.62. The number of para-hydroxylation sites is 1. The van der Waals surface area contributed by atoms with Crippen molar-refractivity contribution >= 4 is 18.0 Å². The number of carbonyl (C=O) groups is 2. The maximum absolute atomic E-state index is 12.2. The molecule has 0 bridgehead atoms. The summed E-state index contributed by atoms with van der Waals surface area (Å²) in [4.78, 5) is 23.4. The molecule has 0 fully saturated rings. The van der Waals surface area contributed by atoms with E-state index in [9.17, 15) is 14.7 Å². The Morgan fingerprint density at radius 2 is 1.61 bits per heavy atom. The Morgan fingerprint density at radius 3 is 2.29 bits per heavy atom. The number of hydrogen-bond donors (Lipinski definition) is 1. The second kappa shape index (κ2) is 7.27. The molecule has 0 unspecified atom stereocenters. The topological polar surface area (TPSA) is 63.6 Å². The lowest BCUT2D eigenvalue weighted by molar-refractivity contribution is -0.128. The molecule has 0 spiro atoms. The minimum atomic E-state index is -1.13. The number of rotatable bonds is 4. The van der Waals surface area contributed by atoms with Crippen molar-refractivity contribution in [1.29, 1.82) is 0 Å². The summed E-state index contributed by atoms with van der Waals surface area (Å²) >= 11 is 0. The summed E-state index contributed by atoms with van der Waals surface area (Å²) in [6, 6.07) is 12.4. The first kappa shape index (κ1) is 19.9. The summed E-state index contributed by atoms with van der Waals surface area (Å²) in [7, 11) is 0. The highest BCUT2D eigenvalue weighted by Crippen LogP contribution is 2.45. The number of benzene rings is 2. The molecular formula is C24H26O4. The lowest BCUT2D eigenvalue weighted by Crippen LogP contribution is -2.33. The van der Waals surface area contributed by atoms with E-state index < -0.39 is 11.9 Å². The average Bonchev–Trinajstić information content (AvgIpc) is 2.64. The highest BCUT2D eigenvalue weighted by molar-refractivity contribution is 5.94. The van der Waals surface area contributed by atoms with Crippen molar-refractivity contribution < 1.29 is 19.4 Å². The molecule has 28 heavy (non-hydrogen) atoms. The summed E-state index contributed by atoms with van der Waals surface area (Å²) in [6.45, 7) is 9.05. The molecule has 0 heterocycles. The van der Waals surface area contributed by atoms with Crippen LogP contribution in [0.25, 0.3) is 6.08 Å². The van der Waals surface area contributed by atoms with Crippen LogP contribution in [0.15, 0.2) is 48.5 Å². The van der Waals surface area contributed by atoms with Crippen molar-refractivity contribution in [2.24, 2.45) is 0 Å². The SMILES string of the molecule is CC1(C)CCC(C)(C)c2cc(C=CC(=O)Oc3ccccc3C(=O)O)ccc21. The van der Waals surface area contributed by atoms with Crippen LogP contribution >= 0.6 is 0 Å². The summed E-state index contributed by atoms with van der Waals surface area (Å²) in [5.74, 6) is -1.70. The first-order valence-electron chi connectivity index (χ1n) is 9.47. The molecule has 2 aromatic carbocycles. The van der Waals surface area contributed by atoms with Gasteiger partial charge in [-0.15, -0.1) is 0 Å². The molecule has 4 heteroatoms. The fraction of sp³-hybridized carbons (Fsp3) is 0.333. The number of carboxylic acids is 1. The molecule has 0 amide bonds. The second-order valence-electron chi connectivity index (χ2n) is 8.63. The van der Waals surface area contributed by atoms with Gasteiger partial charge in [-0.1, -0.05) is 58.0 Å². The zero-order valence-electron chi connectivity index (χ0n) is 16.8. The Kier molecular flexibility index (Phi) is 5.16. The molecular weight excluding hydrogens is 352 g/mol. The number of aromatic carboxylic acids is 1. The van der Waals surface area contributed by atoms with E-state index in [1.165, 1.54) is 29.3 Å². The molecule has 4 nitrogen and oxygen atoms in total. The fourth-order valence-corrected chi connectivity index (χ4v) is 3.75. The third kappa shape index (κ3) is 4.01. The quantitative estimate of drug-likeness (QED) is 0.442. The molecule has 0 saturated heterocycles.